The molecule has 0 spiro atoms. The van der Waals surface area contributed by atoms with Crippen molar-refractivity contribution >= 4 is 27.3 Å². The highest BCUT2D eigenvalue weighted by atomic mass is 32.1. The number of aryl methyl sites for hydroxylation is 2. The zero-order valence-corrected chi connectivity index (χ0v) is 13.4. The number of halogens is 1. The van der Waals surface area contributed by atoms with Crippen molar-refractivity contribution in [2.45, 2.75) is 20.4 Å². The Hall–Kier alpha value is -2.54. The quantitative estimate of drug-likeness (QED) is 0.568. The van der Waals surface area contributed by atoms with Crippen LogP contribution in [0.2, 0.25) is 0 Å². The lowest BCUT2D eigenvalue weighted by Crippen LogP contribution is -2.18. The van der Waals surface area contributed by atoms with E-state index in [4.69, 9.17) is 0 Å². The molecule has 1 aromatic carbocycles. The lowest BCUT2D eigenvalue weighted by molar-refractivity contribution is 0.626. The first-order valence-electron chi connectivity index (χ1n) is 7.14. The second-order valence-electron chi connectivity index (χ2n) is 5.46. The zero-order valence-electron chi connectivity index (χ0n) is 12.6. The van der Waals surface area contributed by atoms with Crippen LogP contribution in [-0.4, -0.2) is 19.2 Å². The summed E-state index contributed by atoms with van der Waals surface area (Å²) < 4.78 is 16.3. The van der Waals surface area contributed by atoms with E-state index in [2.05, 4.69) is 10.1 Å². The van der Waals surface area contributed by atoms with E-state index in [1.807, 2.05) is 24.5 Å². The van der Waals surface area contributed by atoms with Crippen molar-refractivity contribution < 1.29 is 4.39 Å². The van der Waals surface area contributed by atoms with E-state index in [1.54, 1.807) is 12.1 Å². The summed E-state index contributed by atoms with van der Waals surface area (Å²) in [6.07, 6.45) is 0. The Kier molecular flexibility index (Phi) is 3.05. The number of aromatic nitrogens is 4. The Morgan fingerprint density at radius 3 is 2.70 bits per heavy atom. The number of nitrogens with zero attached hydrogens (tertiary/aromatic N) is 4. The molecule has 3 aromatic heterocycles. The molecule has 5 nitrogen and oxygen atoms in total. The normalized spacial score (nSPS) is 11.6. The first-order valence-corrected chi connectivity index (χ1v) is 7.95. The van der Waals surface area contributed by atoms with Gasteiger partial charge in [-0.2, -0.15) is 9.61 Å². The second-order valence-corrected chi connectivity index (χ2v) is 6.62. The summed E-state index contributed by atoms with van der Waals surface area (Å²) in [5.41, 5.74) is 2.87. The highest BCUT2D eigenvalue weighted by molar-refractivity contribution is 7.16. The molecule has 0 aliphatic heterocycles. The van der Waals surface area contributed by atoms with Crippen LogP contribution < -0.4 is 5.56 Å². The van der Waals surface area contributed by atoms with E-state index in [1.165, 1.54) is 28.0 Å². The van der Waals surface area contributed by atoms with Crippen LogP contribution in [0.4, 0.5) is 4.39 Å². The van der Waals surface area contributed by atoms with E-state index >= 15 is 0 Å². The lowest BCUT2D eigenvalue weighted by atomic mass is 10.2. The standard InChI is InChI=1S/C16H13FN4OS/c1-9-7-13-14(15(22)21-16(18-13)23-10(2)19-21)20(9)8-11-3-5-12(17)6-4-11/h3-7H,8H2,1-2H3. The molecule has 0 saturated heterocycles. The van der Waals surface area contributed by atoms with Crippen LogP contribution in [0.25, 0.3) is 16.0 Å². The predicted octanol–water partition coefficient (Wildman–Crippen LogP) is 2.91. The summed E-state index contributed by atoms with van der Waals surface area (Å²) in [6.45, 7) is 4.27. The Labute approximate surface area is 134 Å². The Balaban J connectivity index is 1.95. The summed E-state index contributed by atoms with van der Waals surface area (Å²) in [5.74, 6) is -0.274. The SMILES string of the molecule is Cc1nn2c(=O)c3c(cc(C)n3Cc3ccc(F)cc3)nc2s1. The smallest absolute Gasteiger partial charge is 0.299 e. The molecule has 0 amide bonds. The van der Waals surface area contributed by atoms with Gasteiger partial charge in [0.1, 0.15) is 16.3 Å². The molecule has 0 bridgehead atoms. The number of hydrogen-bond donors (Lipinski definition) is 0. The van der Waals surface area contributed by atoms with E-state index in [0.29, 0.717) is 22.5 Å². The molecule has 0 atom stereocenters. The molecule has 3 heterocycles. The summed E-state index contributed by atoms with van der Waals surface area (Å²) in [4.78, 5) is 17.9. The molecule has 0 aliphatic carbocycles. The lowest BCUT2D eigenvalue weighted by Gasteiger charge is -2.07. The summed E-state index contributed by atoms with van der Waals surface area (Å²) in [6, 6.07) is 8.18. The van der Waals surface area contributed by atoms with Gasteiger partial charge in [-0.05, 0) is 37.6 Å². The van der Waals surface area contributed by atoms with Gasteiger partial charge in [-0.25, -0.2) is 9.37 Å². The molecular formula is C16H13FN4OS. The molecule has 23 heavy (non-hydrogen) atoms. The fourth-order valence-electron chi connectivity index (χ4n) is 2.73. The van der Waals surface area contributed by atoms with Crippen LogP contribution in [0.1, 0.15) is 16.3 Å². The second kappa shape index (κ2) is 4.99. The molecule has 7 heteroatoms. The van der Waals surface area contributed by atoms with Crippen molar-refractivity contribution in [3.63, 3.8) is 0 Å². The molecule has 0 saturated carbocycles. The average Bonchev–Trinajstić information content (AvgIpc) is 3.02. The van der Waals surface area contributed by atoms with Gasteiger partial charge in [-0.3, -0.25) is 4.79 Å². The van der Waals surface area contributed by atoms with Crippen molar-refractivity contribution in [2.75, 3.05) is 0 Å². The van der Waals surface area contributed by atoms with Crippen LogP contribution in [0.5, 0.6) is 0 Å². The maximum Gasteiger partial charge on any atom is 0.299 e. The molecule has 4 rings (SSSR count). The van der Waals surface area contributed by atoms with Crippen LogP contribution in [0.3, 0.4) is 0 Å². The molecular weight excluding hydrogens is 315 g/mol. The molecule has 0 N–H and O–H groups in total. The minimum absolute atomic E-state index is 0.176. The van der Waals surface area contributed by atoms with Crippen LogP contribution in [-0.2, 0) is 6.54 Å². The van der Waals surface area contributed by atoms with E-state index < -0.39 is 0 Å². The number of hydrogen-bond acceptors (Lipinski definition) is 4. The van der Waals surface area contributed by atoms with Gasteiger partial charge in [0.05, 0.1) is 5.52 Å². The average molecular weight is 328 g/mol. The third kappa shape index (κ3) is 2.24. The van der Waals surface area contributed by atoms with Crippen LogP contribution >= 0.6 is 11.3 Å². The highest BCUT2D eigenvalue weighted by Crippen LogP contribution is 2.19. The van der Waals surface area contributed by atoms with Gasteiger partial charge in [0.25, 0.3) is 5.56 Å². The Bertz CT molecular complexity index is 1090. The summed E-state index contributed by atoms with van der Waals surface area (Å²) in [7, 11) is 0. The topological polar surface area (TPSA) is 52.2 Å². The van der Waals surface area contributed by atoms with E-state index in [0.717, 1.165) is 16.3 Å². The van der Waals surface area contributed by atoms with Crippen LogP contribution in [0, 0.1) is 19.7 Å². The number of fused-ring (bicyclic) bond motifs is 2. The molecule has 116 valence electrons. The summed E-state index contributed by atoms with van der Waals surface area (Å²) in [5, 5.41) is 5.02. The molecule has 0 fully saturated rings. The van der Waals surface area contributed by atoms with Crippen molar-refractivity contribution in [3.05, 3.63) is 62.8 Å². The van der Waals surface area contributed by atoms with Crippen molar-refractivity contribution in [1.29, 1.82) is 0 Å². The minimum atomic E-state index is -0.274. The summed E-state index contributed by atoms with van der Waals surface area (Å²) >= 11 is 1.39. The van der Waals surface area contributed by atoms with Gasteiger partial charge in [0.15, 0.2) is 0 Å². The number of rotatable bonds is 2. The van der Waals surface area contributed by atoms with Crippen molar-refractivity contribution in [1.82, 2.24) is 19.2 Å². The van der Waals surface area contributed by atoms with Gasteiger partial charge in [0.2, 0.25) is 4.96 Å². The fraction of sp³-hybridized carbons (Fsp3) is 0.188. The Morgan fingerprint density at radius 2 is 1.96 bits per heavy atom. The number of benzene rings is 1. The Morgan fingerprint density at radius 1 is 1.22 bits per heavy atom. The molecule has 4 aromatic rings. The van der Waals surface area contributed by atoms with Crippen LogP contribution in [0.15, 0.2) is 35.1 Å². The predicted molar refractivity (Wildman–Crippen MR) is 87.6 cm³/mol. The maximum absolute atomic E-state index is 13.1. The van der Waals surface area contributed by atoms with Crippen molar-refractivity contribution in [3.8, 4) is 0 Å². The van der Waals surface area contributed by atoms with E-state index in [9.17, 15) is 9.18 Å². The maximum atomic E-state index is 13.1. The van der Waals surface area contributed by atoms with Gasteiger partial charge in [-0.1, -0.05) is 23.5 Å². The molecule has 0 radical (unpaired) electrons. The van der Waals surface area contributed by atoms with Gasteiger partial charge in [0, 0.05) is 12.2 Å². The largest absolute Gasteiger partial charge is 0.335 e. The molecule has 0 aliphatic rings. The third-order valence-electron chi connectivity index (χ3n) is 3.81. The van der Waals surface area contributed by atoms with Crippen molar-refractivity contribution in [2.24, 2.45) is 0 Å². The first-order chi connectivity index (χ1) is 11.0. The fourth-order valence-corrected chi connectivity index (χ4v) is 3.47. The highest BCUT2D eigenvalue weighted by Gasteiger charge is 2.15. The zero-order chi connectivity index (χ0) is 16.1. The first kappa shape index (κ1) is 14.1. The van der Waals surface area contributed by atoms with Gasteiger partial charge in [-0.15, -0.1) is 0 Å². The monoisotopic (exact) mass is 328 g/mol. The van der Waals surface area contributed by atoms with Gasteiger partial charge >= 0.3 is 0 Å². The van der Waals surface area contributed by atoms with Gasteiger partial charge < -0.3 is 4.57 Å². The van der Waals surface area contributed by atoms with E-state index in [-0.39, 0.29) is 11.4 Å². The third-order valence-corrected chi connectivity index (χ3v) is 4.63. The molecule has 0 unspecified atom stereocenters. The minimum Gasteiger partial charge on any atom is -0.335 e.